The van der Waals surface area contributed by atoms with Gasteiger partial charge in [-0.25, -0.2) is 13.2 Å². The SMILES string of the molecule is N=C(N)c1ccc([C@H]2[C@H]3C(=O)N(Cc4ccc(F)cc4)C(=O)[C@H]3[C@@H]3CCCN32)c(F)c1F. The Morgan fingerprint density at radius 3 is 2.38 bits per heavy atom. The number of halogens is 3. The number of imide groups is 1. The van der Waals surface area contributed by atoms with Gasteiger partial charge in [-0.15, -0.1) is 0 Å². The van der Waals surface area contributed by atoms with Gasteiger partial charge in [0, 0.05) is 11.6 Å². The number of nitrogens with zero attached hydrogens (tertiary/aromatic N) is 2. The zero-order chi connectivity index (χ0) is 22.7. The van der Waals surface area contributed by atoms with Gasteiger partial charge in [0.05, 0.1) is 30.0 Å². The van der Waals surface area contributed by atoms with Crippen molar-refractivity contribution < 1.29 is 22.8 Å². The second-order valence-electron chi connectivity index (χ2n) is 8.58. The molecule has 0 bridgehead atoms. The second kappa shape index (κ2) is 7.44. The Balaban J connectivity index is 1.53. The first-order chi connectivity index (χ1) is 15.3. The van der Waals surface area contributed by atoms with Crippen molar-refractivity contribution in [3.63, 3.8) is 0 Å². The lowest BCUT2D eigenvalue weighted by molar-refractivity contribution is -0.142. The lowest BCUT2D eigenvalue weighted by Gasteiger charge is -2.29. The summed E-state index contributed by atoms with van der Waals surface area (Å²) in [4.78, 5) is 29.8. The summed E-state index contributed by atoms with van der Waals surface area (Å²) >= 11 is 0. The molecule has 0 aliphatic carbocycles. The van der Waals surface area contributed by atoms with E-state index in [1.807, 2.05) is 4.90 Å². The van der Waals surface area contributed by atoms with Crippen molar-refractivity contribution in [1.82, 2.24) is 9.80 Å². The van der Waals surface area contributed by atoms with E-state index >= 15 is 4.39 Å². The van der Waals surface area contributed by atoms with Crippen LogP contribution in [0, 0.1) is 34.7 Å². The van der Waals surface area contributed by atoms with Gasteiger partial charge in [0.2, 0.25) is 11.8 Å². The zero-order valence-electron chi connectivity index (χ0n) is 17.0. The van der Waals surface area contributed by atoms with Crippen molar-refractivity contribution in [3.05, 3.63) is 70.5 Å². The van der Waals surface area contributed by atoms with Crippen LogP contribution in [0.5, 0.6) is 0 Å². The summed E-state index contributed by atoms with van der Waals surface area (Å²) in [5.41, 5.74) is 5.60. The van der Waals surface area contributed by atoms with Crippen LogP contribution in [0.15, 0.2) is 36.4 Å². The summed E-state index contributed by atoms with van der Waals surface area (Å²) in [5, 5.41) is 7.43. The highest BCUT2D eigenvalue weighted by Crippen LogP contribution is 2.53. The van der Waals surface area contributed by atoms with Gasteiger partial charge in [0.15, 0.2) is 11.6 Å². The summed E-state index contributed by atoms with van der Waals surface area (Å²) in [6.07, 6.45) is 1.48. The monoisotopic (exact) mass is 442 g/mol. The van der Waals surface area contributed by atoms with Gasteiger partial charge >= 0.3 is 0 Å². The Kier molecular flexibility index (Phi) is 4.81. The summed E-state index contributed by atoms with van der Waals surface area (Å²) < 4.78 is 42.9. The van der Waals surface area contributed by atoms with Crippen molar-refractivity contribution in [2.75, 3.05) is 6.54 Å². The van der Waals surface area contributed by atoms with Gasteiger partial charge < -0.3 is 5.73 Å². The number of amidine groups is 1. The van der Waals surface area contributed by atoms with Crippen LogP contribution < -0.4 is 5.73 Å². The molecule has 3 aliphatic rings. The van der Waals surface area contributed by atoms with Crippen LogP contribution in [-0.2, 0) is 16.1 Å². The third kappa shape index (κ3) is 2.95. The molecule has 0 unspecified atom stereocenters. The van der Waals surface area contributed by atoms with Crippen molar-refractivity contribution >= 4 is 17.6 Å². The van der Waals surface area contributed by atoms with E-state index in [1.54, 1.807) is 0 Å². The van der Waals surface area contributed by atoms with E-state index in [0.717, 1.165) is 11.3 Å². The van der Waals surface area contributed by atoms with Crippen LogP contribution in [0.4, 0.5) is 13.2 Å². The number of benzene rings is 2. The van der Waals surface area contributed by atoms with E-state index in [2.05, 4.69) is 0 Å². The lowest BCUT2D eigenvalue weighted by Crippen LogP contribution is -2.39. The number of hydrogen-bond donors (Lipinski definition) is 2. The molecule has 0 spiro atoms. The molecule has 0 saturated carbocycles. The highest BCUT2D eigenvalue weighted by atomic mass is 19.2. The molecule has 3 aliphatic heterocycles. The first kappa shape index (κ1) is 20.7. The number of fused-ring (bicyclic) bond motifs is 3. The van der Waals surface area contributed by atoms with Crippen LogP contribution in [0.2, 0.25) is 0 Å². The number of rotatable bonds is 4. The number of nitrogens with one attached hydrogen (secondary N) is 1. The Morgan fingerprint density at radius 1 is 1.00 bits per heavy atom. The molecule has 4 atom stereocenters. The Bertz CT molecular complexity index is 1140. The van der Waals surface area contributed by atoms with Crippen LogP contribution >= 0.6 is 0 Å². The van der Waals surface area contributed by atoms with Crippen molar-refractivity contribution in [2.45, 2.75) is 31.5 Å². The van der Waals surface area contributed by atoms with E-state index < -0.39 is 47.1 Å². The first-order valence-electron chi connectivity index (χ1n) is 10.5. The van der Waals surface area contributed by atoms with E-state index in [-0.39, 0.29) is 29.6 Å². The summed E-state index contributed by atoms with van der Waals surface area (Å²) in [6.45, 7) is 0.584. The van der Waals surface area contributed by atoms with Crippen LogP contribution in [-0.4, -0.2) is 40.0 Å². The molecule has 2 aromatic carbocycles. The Labute approximate surface area is 182 Å². The number of nitrogens with two attached hydrogens (primary N) is 1. The minimum Gasteiger partial charge on any atom is -0.384 e. The normalized spacial score (nSPS) is 27.2. The maximum absolute atomic E-state index is 15.1. The first-order valence-corrected chi connectivity index (χ1v) is 10.5. The highest BCUT2D eigenvalue weighted by molar-refractivity contribution is 6.06. The third-order valence-electron chi connectivity index (χ3n) is 6.92. The summed E-state index contributed by atoms with van der Waals surface area (Å²) in [6, 6.07) is 7.14. The van der Waals surface area contributed by atoms with Crippen LogP contribution in [0.1, 0.15) is 35.6 Å². The average Bonchev–Trinajstić information content (AvgIpc) is 3.40. The fourth-order valence-corrected chi connectivity index (χ4v) is 5.56. The molecule has 3 heterocycles. The van der Waals surface area contributed by atoms with Crippen molar-refractivity contribution in [2.24, 2.45) is 17.6 Å². The smallest absolute Gasteiger partial charge is 0.235 e. The van der Waals surface area contributed by atoms with Crippen LogP contribution in [0.25, 0.3) is 0 Å². The molecule has 2 aromatic rings. The fraction of sp³-hybridized carbons (Fsp3) is 0.348. The van der Waals surface area contributed by atoms with Crippen LogP contribution in [0.3, 0.4) is 0 Å². The number of carbonyl (C=O) groups is 2. The maximum Gasteiger partial charge on any atom is 0.235 e. The summed E-state index contributed by atoms with van der Waals surface area (Å²) in [5.74, 6) is -5.60. The quantitative estimate of drug-likeness (QED) is 0.433. The molecule has 2 amide bonds. The molecule has 6 nitrogen and oxygen atoms in total. The topological polar surface area (TPSA) is 90.5 Å². The largest absolute Gasteiger partial charge is 0.384 e. The second-order valence-corrected chi connectivity index (χ2v) is 8.58. The molecule has 0 radical (unpaired) electrons. The fourth-order valence-electron chi connectivity index (χ4n) is 5.56. The van der Waals surface area contributed by atoms with Gasteiger partial charge in [0.25, 0.3) is 0 Å². The molecule has 3 saturated heterocycles. The molecule has 5 rings (SSSR count). The van der Waals surface area contributed by atoms with Crippen molar-refractivity contribution in [1.29, 1.82) is 5.41 Å². The minimum atomic E-state index is -1.23. The third-order valence-corrected chi connectivity index (χ3v) is 6.92. The maximum atomic E-state index is 15.1. The molecule has 0 aromatic heterocycles. The van der Waals surface area contributed by atoms with Gasteiger partial charge in [-0.05, 0) is 43.1 Å². The van der Waals surface area contributed by atoms with Gasteiger partial charge in [0.1, 0.15) is 11.7 Å². The molecule has 3 fully saturated rings. The Morgan fingerprint density at radius 2 is 1.69 bits per heavy atom. The van der Waals surface area contributed by atoms with E-state index in [0.29, 0.717) is 18.5 Å². The summed E-state index contributed by atoms with van der Waals surface area (Å²) in [7, 11) is 0. The van der Waals surface area contributed by atoms with E-state index in [1.165, 1.54) is 36.4 Å². The number of nitrogen functional groups attached to an aromatic ring is 1. The molecule has 166 valence electrons. The predicted molar refractivity (Wildman–Crippen MR) is 109 cm³/mol. The molecule has 32 heavy (non-hydrogen) atoms. The minimum absolute atomic E-state index is 0.00307. The number of likely N-dealkylation sites (tertiary alicyclic amines) is 1. The molecule has 9 heteroatoms. The molecular weight excluding hydrogens is 421 g/mol. The number of hydrogen-bond acceptors (Lipinski definition) is 4. The van der Waals surface area contributed by atoms with Gasteiger partial charge in [-0.1, -0.05) is 18.2 Å². The molecule has 3 N–H and O–H groups in total. The van der Waals surface area contributed by atoms with E-state index in [4.69, 9.17) is 11.1 Å². The Hall–Kier alpha value is -3.20. The van der Waals surface area contributed by atoms with E-state index in [9.17, 15) is 18.4 Å². The zero-order valence-corrected chi connectivity index (χ0v) is 17.0. The van der Waals surface area contributed by atoms with Gasteiger partial charge in [-0.2, -0.15) is 0 Å². The lowest BCUT2D eigenvalue weighted by atomic mass is 9.84. The van der Waals surface area contributed by atoms with Gasteiger partial charge in [-0.3, -0.25) is 24.8 Å². The number of amides is 2. The predicted octanol–water partition coefficient (Wildman–Crippen LogP) is 2.71. The average molecular weight is 442 g/mol. The number of carbonyl (C=O) groups excluding carboxylic acids is 2. The highest BCUT2D eigenvalue weighted by Gasteiger charge is 2.63. The molecular formula is C23H21F3N4O2. The standard InChI is InChI=1S/C23H21F3N4O2/c24-12-5-3-11(4-6-12)10-30-22(31)16-15-2-1-9-29(15)20(17(16)23(30)32)13-7-8-14(21(27)28)19(26)18(13)25/h3-8,15-17,20H,1-2,9-10H2,(H3,27,28)/t15-,16-,17-,20-/m0/s1. The van der Waals surface area contributed by atoms with Crippen molar-refractivity contribution in [3.8, 4) is 0 Å².